The number of carbonyl (C=O) groups excluding carboxylic acids is 1. The van der Waals surface area contributed by atoms with Gasteiger partial charge in [-0.15, -0.1) is 0 Å². The summed E-state index contributed by atoms with van der Waals surface area (Å²) in [6.07, 6.45) is 0. The van der Waals surface area contributed by atoms with Gasteiger partial charge in [-0.25, -0.2) is 4.39 Å². The van der Waals surface area contributed by atoms with Crippen LogP contribution in [0.1, 0.15) is 6.92 Å². The Labute approximate surface area is 92.2 Å². The maximum atomic E-state index is 13.2. The van der Waals surface area contributed by atoms with E-state index in [9.17, 15) is 9.18 Å². The predicted molar refractivity (Wildman–Crippen MR) is 56.5 cm³/mol. The van der Waals surface area contributed by atoms with E-state index in [0.717, 1.165) is 0 Å². The number of nitrogens with one attached hydrogen (secondary N) is 1. The third-order valence-corrected chi connectivity index (χ3v) is 1.89. The molecule has 0 saturated heterocycles. The highest BCUT2D eigenvalue weighted by atomic mass is 35.5. The fourth-order valence-electron chi connectivity index (χ4n) is 1.01. The maximum Gasteiger partial charge on any atom is 0.325 e. The SMILES string of the molecule is CCOC(=O)CNc1ccc(Cl)cc1F. The topological polar surface area (TPSA) is 38.3 Å². The highest BCUT2D eigenvalue weighted by molar-refractivity contribution is 6.30. The molecule has 0 atom stereocenters. The molecular weight excluding hydrogens is 221 g/mol. The van der Waals surface area contributed by atoms with Crippen molar-refractivity contribution in [3.05, 3.63) is 29.0 Å². The van der Waals surface area contributed by atoms with Crippen LogP contribution in [0.15, 0.2) is 18.2 Å². The monoisotopic (exact) mass is 231 g/mol. The average Bonchev–Trinajstić information content (AvgIpc) is 2.17. The Hall–Kier alpha value is -1.29. The van der Waals surface area contributed by atoms with Crippen LogP contribution < -0.4 is 5.32 Å². The lowest BCUT2D eigenvalue weighted by Crippen LogP contribution is -2.17. The molecule has 0 amide bonds. The molecule has 82 valence electrons. The van der Waals surface area contributed by atoms with Crippen LogP contribution in [-0.4, -0.2) is 19.1 Å². The molecule has 5 heteroatoms. The molecule has 1 aromatic carbocycles. The Bertz CT molecular complexity index is 357. The van der Waals surface area contributed by atoms with Crippen LogP contribution in [-0.2, 0) is 9.53 Å². The van der Waals surface area contributed by atoms with Gasteiger partial charge in [-0.3, -0.25) is 4.79 Å². The zero-order valence-electron chi connectivity index (χ0n) is 8.22. The predicted octanol–water partition coefficient (Wildman–Crippen LogP) is 2.45. The van der Waals surface area contributed by atoms with Crippen molar-refractivity contribution in [3.63, 3.8) is 0 Å². The summed E-state index contributed by atoms with van der Waals surface area (Å²) in [5.41, 5.74) is 0.229. The van der Waals surface area contributed by atoms with Crippen molar-refractivity contribution in [1.82, 2.24) is 0 Å². The van der Waals surface area contributed by atoms with E-state index in [1.54, 1.807) is 6.92 Å². The van der Waals surface area contributed by atoms with Crippen molar-refractivity contribution in [2.75, 3.05) is 18.5 Å². The molecule has 3 nitrogen and oxygen atoms in total. The molecule has 0 unspecified atom stereocenters. The minimum absolute atomic E-state index is 0.0631. The summed E-state index contributed by atoms with van der Waals surface area (Å²) in [5.74, 6) is -0.918. The van der Waals surface area contributed by atoms with Crippen LogP contribution >= 0.6 is 11.6 Å². The molecular formula is C10H11ClFNO2. The van der Waals surface area contributed by atoms with Crippen molar-refractivity contribution in [2.24, 2.45) is 0 Å². The number of halogens is 2. The molecule has 0 fully saturated rings. The van der Waals surface area contributed by atoms with Gasteiger partial charge in [0.2, 0.25) is 0 Å². The van der Waals surface area contributed by atoms with E-state index in [4.69, 9.17) is 11.6 Å². The van der Waals surface area contributed by atoms with E-state index < -0.39 is 11.8 Å². The van der Waals surface area contributed by atoms with Crippen molar-refractivity contribution in [2.45, 2.75) is 6.92 Å². The molecule has 1 rings (SSSR count). The van der Waals surface area contributed by atoms with E-state index >= 15 is 0 Å². The van der Waals surface area contributed by atoms with E-state index in [1.165, 1.54) is 18.2 Å². The second kappa shape index (κ2) is 5.56. The Kier molecular flexibility index (Phi) is 4.37. The number of benzene rings is 1. The van der Waals surface area contributed by atoms with Crippen LogP contribution in [0.4, 0.5) is 10.1 Å². The summed E-state index contributed by atoms with van der Waals surface area (Å²) in [4.78, 5) is 11.0. The smallest absolute Gasteiger partial charge is 0.325 e. The Balaban J connectivity index is 2.54. The molecule has 15 heavy (non-hydrogen) atoms. The molecule has 0 aliphatic heterocycles. The Morgan fingerprint density at radius 1 is 1.60 bits per heavy atom. The van der Waals surface area contributed by atoms with Gasteiger partial charge in [0.25, 0.3) is 0 Å². The van der Waals surface area contributed by atoms with Crippen molar-refractivity contribution < 1.29 is 13.9 Å². The van der Waals surface area contributed by atoms with Gasteiger partial charge < -0.3 is 10.1 Å². The van der Waals surface area contributed by atoms with Crippen LogP contribution in [0.2, 0.25) is 5.02 Å². The summed E-state index contributed by atoms with van der Waals surface area (Å²) in [7, 11) is 0. The molecule has 0 radical (unpaired) electrons. The Morgan fingerprint density at radius 3 is 2.93 bits per heavy atom. The van der Waals surface area contributed by atoms with Crippen LogP contribution in [0.5, 0.6) is 0 Å². The lowest BCUT2D eigenvalue weighted by molar-refractivity contribution is -0.140. The van der Waals surface area contributed by atoms with E-state index in [2.05, 4.69) is 10.1 Å². The van der Waals surface area contributed by atoms with Crippen molar-refractivity contribution in [3.8, 4) is 0 Å². The first kappa shape index (κ1) is 11.8. The molecule has 0 aliphatic rings. The fraction of sp³-hybridized carbons (Fsp3) is 0.300. The first-order valence-electron chi connectivity index (χ1n) is 4.48. The lowest BCUT2D eigenvalue weighted by atomic mass is 10.3. The van der Waals surface area contributed by atoms with Gasteiger partial charge in [-0.05, 0) is 25.1 Å². The standard InChI is InChI=1S/C10H11ClFNO2/c1-2-15-10(14)6-13-9-4-3-7(11)5-8(9)12/h3-5,13H,2,6H2,1H3. The van der Waals surface area contributed by atoms with Crippen molar-refractivity contribution in [1.29, 1.82) is 0 Å². The zero-order valence-corrected chi connectivity index (χ0v) is 8.97. The number of hydrogen-bond donors (Lipinski definition) is 1. The summed E-state index contributed by atoms with van der Waals surface area (Å²) >= 11 is 5.57. The van der Waals surface area contributed by atoms with Crippen LogP contribution in [0, 0.1) is 5.82 Å². The molecule has 0 aliphatic carbocycles. The maximum absolute atomic E-state index is 13.2. The number of anilines is 1. The molecule has 0 spiro atoms. The van der Waals surface area contributed by atoms with Gasteiger partial charge in [-0.2, -0.15) is 0 Å². The summed E-state index contributed by atoms with van der Waals surface area (Å²) in [6.45, 7) is 1.96. The van der Waals surface area contributed by atoms with Gasteiger partial charge in [0, 0.05) is 5.02 Å². The number of carbonyl (C=O) groups is 1. The molecule has 1 N–H and O–H groups in total. The van der Waals surface area contributed by atoms with Gasteiger partial charge in [0.1, 0.15) is 12.4 Å². The van der Waals surface area contributed by atoms with E-state index in [0.29, 0.717) is 11.6 Å². The summed E-state index contributed by atoms with van der Waals surface area (Å²) in [5, 5.41) is 2.93. The molecule has 0 saturated carbocycles. The van der Waals surface area contributed by atoms with Gasteiger partial charge >= 0.3 is 5.97 Å². The minimum atomic E-state index is -0.494. The van der Waals surface area contributed by atoms with E-state index in [-0.39, 0.29) is 12.2 Å². The first-order valence-corrected chi connectivity index (χ1v) is 4.86. The quantitative estimate of drug-likeness (QED) is 0.809. The fourth-order valence-corrected chi connectivity index (χ4v) is 1.17. The lowest BCUT2D eigenvalue weighted by Gasteiger charge is -2.06. The van der Waals surface area contributed by atoms with Crippen LogP contribution in [0.25, 0.3) is 0 Å². The molecule has 0 bridgehead atoms. The average molecular weight is 232 g/mol. The number of ether oxygens (including phenoxy) is 1. The highest BCUT2D eigenvalue weighted by Gasteiger charge is 2.05. The number of hydrogen-bond acceptors (Lipinski definition) is 3. The van der Waals surface area contributed by atoms with Crippen molar-refractivity contribution >= 4 is 23.3 Å². The third-order valence-electron chi connectivity index (χ3n) is 1.66. The zero-order chi connectivity index (χ0) is 11.3. The highest BCUT2D eigenvalue weighted by Crippen LogP contribution is 2.18. The Morgan fingerprint density at radius 2 is 2.33 bits per heavy atom. The summed E-state index contributed by atoms with van der Waals surface area (Å²) < 4.78 is 17.9. The number of esters is 1. The van der Waals surface area contributed by atoms with Gasteiger partial charge in [-0.1, -0.05) is 11.6 Å². The summed E-state index contributed by atoms with van der Waals surface area (Å²) in [6, 6.07) is 4.18. The first-order chi connectivity index (χ1) is 7.13. The normalized spacial score (nSPS) is 9.80. The third kappa shape index (κ3) is 3.75. The van der Waals surface area contributed by atoms with Gasteiger partial charge in [0.05, 0.1) is 12.3 Å². The molecule has 1 aromatic rings. The second-order valence-electron chi connectivity index (χ2n) is 2.78. The van der Waals surface area contributed by atoms with Crippen LogP contribution in [0.3, 0.4) is 0 Å². The molecule has 0 aromatic heterocycles. The molecule has 0 heterocycles. The number of rotatable bonds is 4. The minimum Gasteiger partial charge on any atom is -0.465 e. The van der Waals surface area contributed by atoms with E-state index in [1.807, 2.05) is 0 Å². The van der Waals surface area contributed by atoms with Gasteiger partial charge in [0.15, 0.2) is 0 Å². The second-order valence-corrected chi connectivity index (χ2v) is 3.22. The largest absolute Gasteiger partial charge is 0.465 e.